The van der Waals surface area contributed by atoms with Gasteiger partial charge in [0.05, 0.1) is 17.7 Å². The Labute approximate surface area is 181 Å². The first-order chi connectivity index (χ1) is 14.7. The number of sulfonamides is 1. The van der Waals surface area contributed by atoms with E-state index in [1.165, 1.54) is 31.4 Å². The average Bonchev–Trinajstić information content (AvgIpc) is 3.08. The minimum atomic E-state index is -4.16. The number of anilines is 1. The van der Waals surface area contributed by atoms with E-state index < -0.39 is 21.9 Å². The predicted octanol–water partition coefficient (Wildman–Crippen LogP) is 4.61. The van der Waals surface area contributed by atoms with E-state index in [0.29, 0.717) is 23.2 Å². The van der Waals surface area contributed by atoms with Gasteiger partial charge in [0.2, 0.25) is 5.91 Å². The predicted molar refractivity (Wildman–Crippen MR) is 118 cm³/mol. The lowest BCUT2D eigenvalue weighted by molar-refractivity contribution is -0.117. The van der Waals surface area contributed by atoms with Crippen molar-refractivity contribution < 1.29 is 27.2 Å². The first kappa shape index (κ1) is 22.6. The molecule has 0 N–H and O–H groups in total. The molecule has 0 saturated heterocycles. The number of carbonyl (C=O) groups excluding carboxylic acids is 2. The van der Waals surface area contributed by atoms with Gasteiger partial charge < -0.3 is 9.15 Å². The number of aryl methyl sites for hydroxylation is 2. The van der Waals surface area contributed by atoms with E-state index >= 15 is 0 Å². The largest absolute Gasteiger partial charge is 0.465 e. The van der Waals surface area contributed by atoms with Crippen LogP contribution in [0.15, 0.2) is 51.8 Å². The molecule has 8 heteroatoms. The second kappa shape index (κ2) is 8.93. The van der Waals surface area contributed by atoms with Gasteiger partial charge in [0.1, 0.15) is 16.9 Å². The molecule has 3 aromatic rings. The van der Waals surface area contributed by atoms with Crippen LogP contribution in [0.5, 0.6) is 0 Å². The van der Waals surface area contributed by atoms with Gasteiger partial charge in [0.25, 0.3) is 10.0 Å². The number of benzene rings is 2. The smallest absolute Gasteiger partial charge is 0.342 e. The number of esters is 1. The van der Waals surface area contributed by atoms with Gasteiger partial charge in [-0.1, -0.05) is 26.0 Å². The van der Waals surface area contributed by atoms with Crippen LogP contribution in [0.1, 0.15) is 48.4 Å². The van der Waals surface area contributed by atoms with E-state index in [4.69, 9.17) is 9.15 Å². The number of fused-ring (bicyclic) bond motifs is 1. The molecule has 3 rings (SSSR count). The number of rotatable bonds is 7. The Balaban J connectivity index is 2.19. The highest BCUT2D eigenvalue weighted by Gasteiger charge is 2.31. The Hall–Kier alpha value is -3.13. The first-order valence-electron chi connectivity index (χ1n) is 10.0. The Morgan fingerprint density at radius 3 is 2.32 bits per heavy atom. The first-order valence-corrected chi connectivity index (χ1v) is 11.5. The van der Waals surface area contributed by atoms with Gasteiger partial charge in [-0.05, 0) is 55.7 Å². The fourth-order valence-corrected chi connectivity index (χ4v) is 4.87. The van der Waals surface area contributed by atoms with Gasteiger partial charge in [0, 0.05) is 11.8 Å². The molecule has 1 aromatic heterocycles. The van der Waals surface area contributed by atoms with Gasteiger partial charge in [-0.3, -0.25) is 4.79 Å². The van der Waals surface area contributed by atoms with E-state index in [1.54, 1.807) is 32.0 Å². The molecule has 0 bridgehead atoms. The maximum atomic E-state index is 13.5. The minimum absolute atomic E-state index is 0.0193. The zero-order valence-corrected chi connectivity index (χ0v) is 18.8. The van der Waals surface area contributed by atoms with Crippen LogP contribution >= 0.6 is 0 Å². The molecule has 0 aliphatic rings. The molecule has 7 nitrogen and oxygen atoms in total. The summed E-state index contributed by atoms with van der Waals surface area (Å²) >= 11 is 0. The van der Waals surface area contributed by atoms with E-state index in [1.807, 2.05) is 6.92 Å². The molecule has 0 fully saturated rings. The summed E-state index contributed by atoms with van der Waals surface area (Å²) in [5.74, 6) is -0.803. The lowest BCUT2D eigenvalue weighted by atomic mass is 10.1. The molecule has 0 saturated carbocycles. The van der Waals surface area contributed by atoms with E-state index in [9.17, 15) is 18.0 Å². The maximum absolute atomic E-state index is 13.5. The summed E-state index contributed by atoms with van der Waals surface area (Å²) < 4.78 is 38.2. The van der Waals surface area contributed by atoms with Crippen molar-refractivity contribution in [2.45, 2.75) is 44.9 Å². The average molecular weight is 444 g/mol. The summed E-state index contributed by atoms with van der Waals surface area (Å²) in [6, 6.07) is 11.0. The molecular formula is C23H25NO6S. The van der Waals surface area contributed by atoms with Gasteiger partial charge in [-0.25, -0.2) is 17.5 Å². The zero-order valence-electron chi connectivity index (χ0n) is 18.0. The minimum Gasteiger partial charge on any atom is -0.465 e. The summed E-state index contributed by atoms with van der Waals surface area (Å²) in [4.78, 5) is 25.2. The van der Waals surface area contributed by atoms with E-state index in [0.717, 1.165) is 16.3 Å². The van der Waals surface area contributed by atoms with E-state index in [-0.39, 0.29) is 22.6 Å². The summed E-state index contributed by atoms with van der Waals surface area (Å²) in [6.45, 7) is 5.40. The number of hydrogen-bond donors (Lipinski definition) is 0. The van der Waals surface area contributed by atoms with Crippen LogP contribution in [-0.2, 0) is 26.0 Å². The molecule has 0 spiro atoms. The van der Waals surface area contributed by atoms with E-state index in [2.05, 4.69) is 0 Å². The maximum Gasteiger partial charge on any atom is 0.342 e. The Morgan fingerprint density at radius 1 is 1.06 bits per heavy atom. The van der Waals surface area contributed by atoms with Gasteiger partial charge in [-0.15, -0.1) is 0 Å². The fourth-order valence-electron chi connectivity index (χ4n) is 3.42. The Bertz CT molecular complexity index is 1220. The molecule has 1 heterocycles. The molecule has 0 radical (unpaired) electrons. The van der Waals surface area contributed by atoms with Crippen LogP contribution in [0.3, 0.4) is 0 Å². The van der Waals surface area contributed by atoms with Gasteiger partial charge in [-0.2, -0.15) is 0 Å². The van der Waals surface area contributed by atoms with Crippen LogP contribution in [0, 0.1) is 6.92 Å². The van der Waals surface area contributed by atoms with Crippen LogP contribution < -0.4 is 4.31 Å². The van der Waals surface area contributed by atoms with Crippen molar-refractivity contribution >= 4 is 38.6 Å². The zero-order chi connectivity index (χ0) is 22.8. The number of nitrogens with zero attached hydrogens (tertiary/aromatic N) is 1. The molecule has 0 aliphatic heterocycles. The Morgan fingerprint density at radius 2 is 1.74 bits per heavy atom. The second-order valence-electron chi connectivity index (χ2n) is 7.12. The SMILES string of the molecule is CCCC(=O)N(c1ccc2oc(C)c(C(=O)OC)c2c1)S(=O)(=O)c1ccc(CC)cc1. The molecule has 164 valence electrons. The highest BCUT2D eigenvalue weighted by Crippen LogP contribution is 2.33. The van der Waals surface area contributed by atoms with Crippen LogP contribution in [-0.4, -0.2) is 27.4 Å². The molecule has 31 heavy (non-hydrogen) atoms. The number of ether oxygens (including phenoxy) is 1. The number of hydrogen-bond acceptors (Lipinski definition) is 6. The number of furan rings is 1. The number of carbonyl (C=O) groups is 2. The van der Waals surface area contributed by atoms with Crippen molar-refractivity contribution in [1.82, 2.24) is 0 Å². The van der Waals surface area contributed by atoms with Crippen molar-refractivity contribution in [2.75, 3.05) is 11.4 Å². The summed E-state index contributed by atoms with van der Waals surface area (Å²) in [7, 11) is -2.91. The normalized spacial score (nSPS) is 11.5. The standard InChI is InChI=1S/C23H25NO6S/c1-5-7-21(25)24(31(27,28)18-11-8-16(6-2)9-12-18)17-10-13-20-19(14-17)22(15(3)30-20)23(26)29-4/h8-14H,5-7H2,1-4H3. The molecule has 0 aliphatic carbocycles. The Kier molecular flexibility index (Phi) is 6.50. The van der Waals surface area contributed by atoms with Gasteiger partial charge >= 0.3 is 5.97 Å². The van der Waals surface area contributed by atoms with Crippen molar-refractivity contribution in [3.05, 3.63) is 59.4 Å². The van der Waals surface area contributed by atoms with Crippen LogP contribution in [0.4, 0.5) is 5.69 Å². The third-order valence-corrected chi connectivity index (χ3v) is 6.79. The van der Waals surface area contributed by atoms with Crippen molar-refractivity contribution in [2.24, 2.45) is 0 Å². The van der Waals surface area contributed by atoms with Crippen molar-refractivity contribution in [3.63, 3.8) is 0 Å². The molecule has 1 amide bonds. The van der Waals surface area contributed by atoms with Gasteiger partial charge in [0.15, 0.2) is 0 Å². The third-order valence-electron chi connectivity index (χ3n) is 5.03. The molecular weight excluding hydrogens is 418 g/mol. The number of methoxy groups -OCH3 is 1. The van der Waals surface area contributed by atoms with Crippen molar-refractivity contribution in [1.29, 1.82) is 0 Å². The fraction of sp³-hybridized carbons (Fsp3) is 0.304. The quantitative estimate of drug-likeness (QED) is 0.495. The highest BCUT2D eigenvalue weighted by atomic mass is 32.2. The highest BCUT2D eigenvalue weighted by molar-refractivity contribution is 7.93. The topological polar surface area (TPSA) is 93.9 Å². The molecule has 2 aromatic carbocycles. The van der Waals surface area contributed by atoms with Crippen LogP contribution in [0.25, 0.3) is 11.0 Å². The monoisotopic (exact) mass is 443 g/mol. The summed E-state index contributed by atoms with van der Waals surface area (Å²) in [5.41, 5.74) is 1.72. The lowest BCUT2D eigenvalue weighted by Crippen LogP contribution is -2.36. The molecule has 0 unspecified atom stereocenters. The lowest BCUT2D eigenvalue weighted by Gasteiger charge is -2.23. The molecule has 0 atom stereocenters. The van der Waals surface area contributed by atoms with Crippen molar-refractivity contribution in [3.8, 4) is 0 Å². The van der Waals surface area contributed by atoms with Crippen LogP contribution in [0.2, 0.25) is 0 Å². The third kappa shape index (κ3) is 4.20. The number of amides is 1. The summed E-state index contributed by atoms with van der Waals surface area (Å²) in [5, 5.41) is 0.382. The summed E-state index contributed by atoms with van der Waals surface area (Å²) in [6.07, 6.45) is 1.31. The second-order valence-corrected chi connectivity index (χ2v) is 8.90.